The van der Waals surface area contributed by atoms with Crippen LogP contribution in [0.2, 0.25) is 0 Å². The number of hydrogen-bond acceptors (Lipinski definition) is 6. The van der Waals surface area contributed by atoms with Gasteiger partial charge in [-0.2, -0.15) is 0 Å². The zero-order chi connectivity index (χ0) is 13.8. The second-order valence-electron chi connectivity index (χ2n) is 4.09. The minimum absolute atomic E-state index is 0.0404. The molecule has 2 aromatic rings. The van der Waals surface area contributed by atoms with Crippen LogP contribution in [0.1, 0.15) is 24.0 Å². The molecule has 0 aliphatic rings. The van der Waals surface area contributed by atoms with Gasteiger partial charge in [0.2, 0.25) is 0 Å². The highest BCUT2D eigenvalue weighted by atomic mass is 32.1. The van der Waals surface area contributed by atoms with Gasteiger partial charge in [-0.15, -0.1) is 0 Å². The number of nitrogens with zero attached hydrogens (tertiary/aromatic N) is 2. The fourth-order valence-corrected chi connectivity index (χ4v) is 2.30. The predicted octanol–water partition coefficient (Wildman–Crippen LogP) is 1.75. The molecule has 102 valence electrons. The Morgan fingerprint density at radius 2 is 2.11 bits per heavy atom. The lowest BCUT2D eigenvalue weighted by Gasteiger charge is -2.12. The van der Waals surface area contributed by atoms with E-state index in [0.717, 1.165) is 46.5 Å². The zero-order valence-corrected chi connectivity index (χ0v) is 12.0. The summed E-state index contributed by atoms with van der Waals surface area (Å²) in [5, 5.41) is 8.11. The van der Waals surface area contributed by atoms with E-state index in [0.29, 0.717) is 6.54 Å². The first kappa shape index (κ1) is 13.5. The molecule has 2 aromatic heterocycles. The third-order valence-electron chi connectivity index (χ3n) is 2.76. The number of aryl methyl sites for hydroxylation is 1. The quantitative estimate of drug-likeness (QED) is 0.776. The van der Waals surface area contributed by atoms with Crippen LogP contribution in [-0.4, -0.2) is 22.0 Å². The number of thiazole rings is 1. The molecule has 0 spiro atoms. The van der Waals surface area contributed by atoms with Gasteiger partial charge in [0.25, 0.3) is 0 Å². The minimum Gasteiger partial charge on any atom is -0.373 e. The van der Waals surface area contributed by atoms with Crippen molar-refractivity contribution in [3.63, 3.8) is 0 Å². The van der Waals surface area contributed by atoms with Crippen LogP contribution in [0.25, 0.3) is 0 Å². The third kappa shape index (κ3) is 3.11. The van der Waals surface area contributed by atoms with E-state index >= 15 is 0 Å². The summed E-state index contributed by atoms with van der Waals surface area (Å²) in [4.78, 5) is 22.7. The Balaban J connectivity index is 2.21. The van der Waals surface area contributed by atoms with E-state index in [2.05, 4.69) is 25.6 Å². The summed E-state index contributed by atoms with van der Waals surface area (Å²) in [5.41, 5.74) is 1.83. The van der Waals surface area contributed by atoms with Crippen LogP contribution < -0.4 is 15.5 Å². The second kappa shape index (κ2) is 5.83. The zero-order valence-electron chi connectivity index (χ0n) is 11.2. The molecular formula is C12H17N5OS. The van der Waals surface area contributed by atoms with Gasteiger partial charge in [-0.05, 0) is 6.92 Å². The normalized spacial score (nSPS) is 10.5. The standard InChI is InChI=1S/C12H17N5OS/c1-4-9-16-10(13-3)7(2)11(17-9)14-5-8-6-19-12(18)15-8/h6H,4-5H2,1-3H3,(H,15,18)(H2,13,14,16,17). The maximum Gasteiger partial charge on any atom is 0.304 e. The largest absolute Gasteiger partial charge is 0.373 e. The average molecular weight is 279 g/mol. The van der Waals surface area contributed by atoms with Gasteiger partial charge in [0, 0.05) is 30.1 Å². The number of hydrogen-bond donors (Lipinski definition) is 3. The van der Waals surface area contributed by atoms with Crippen molar-refractivity contribution in [3.05, 3.63) is 32.1 Å². The van der Waals surface area contributed by atoms with Gasteiger partial charge in [0.15, 0.2) is 0 Å². The van der Waals surface area contributed by atoms with Crippen LogP contribution in [0.5, 0.6) is 0 Å². The van der Waals surface area contributed by atoms with Gasteiger partial charge in [-0.3, -0.25) is 4.79 Å². The van der Waals surface area contributed by atoms with E-state index < -0.39 is 0 Å². The number of anilines is 2. The van der Waals surface area contributed by atoms with Crippen molar-refractivity contribution < 1.29 is 0 Å². The SMILES string of the molecule is CCc1nc(NC)c(C)c(NCc2csc(=O)[nH]2)n1. The minimum atomic E-state index is -0.0404. The molecule has 0 fully saturated rings. The number of aromatic nitrogens is 3. The highest BCUT2D eigenvalue weighted by Gasteiger charge is 2.09. The lowest BCUT2D eigenvalue weighted by molar-refractivity contribution is 0.920. The molecule has 19 heavy (non-hydrogen) atoms. The van der Waals surface area contributed by atoms with Crippen molar-refractivity contribution in [1.29, 1.82) is 0 Å². The number of rotatable bonds is 5. The first-order valence-corrected chi connectivity index (χ1v) is 6.97. The summed E-state index contributed by atoms with van der Waals surface area (Å²) in [7, 11) is 1.84. The lowest BCUT2D eigenvalue weighted by Crippen LogP contribution is -2.10. The van der Waals surface area contributed by atoms with Gasteiger partial charge >= 0.3 is 4.87 Å². The van der Waals surface area contributed by atoms with Gasteiger partial charge < -0.3 is 15.6 Å². The summed E-state index contributed by atoms with van der Waals surface area (Å²) in [6, 6.07) is 0. The average Bonchev–Trinajstić information content (AvgIpc) is 2.83. The van der Waals surface area contributed by atoms with Crippen molar-refractivity contribution in [2.24, 2.45) is 0 Å². The van der Waals surface area contributed by atoms with E-state index in [1.54, 1.807) is 0 Å². The lowest BCUT2D eigenvalue weighted by atomic mass is 10.3. The molecule has 3 N–H and O–H groups in total. The fraction of sp³-hybridized carbons (Fsp3) is 0.417. The van der Waals surface area contributed by atoms with Crippen LogP contribution >= 0.6 is 11.3 Å². The maximum atomic E-state index is 11.1. The molecule has 7 heteroatoms. The molecule has 0 saturated heterocycles. The molecule has 2 rings (SSSR count). The van der Waals surface area contributed by atoms with Crippen LogP contribution in [0, 0.1) is 6.92 Å². The first-order valence-electron chi connectivity index (χ1n) is 6.09. The van der Waals surface area contributed by atoms with E-state index in [1.807, 2.05) is 26.3 Å². The Morgan fingerprint density at radius 3 is 2.68 bits per heavy atom. The molecule has 0 bridgehead atoms. The molecule has 0 atom stereocenters. The Morgan fingerprint density at radius 1 is 1.37 bits per heavy atom. The molecule has 0 saturated carbocycles. The van der Waals surface area contributed by atoms with E-state index in [-0.39, 0.29) is 4.87 Å². The second-order valence-corrected chi connectivity index (χ2v) is 4.93. The third-order valence-corrected chi connectivity index (χ3v) is 3.48. The Labute approximate surface area is 115 Å². The van der Waals surface area contributed by atoms with E-state index in [1.165, 1.54) is 0 Å². The molecule has 0 aromatic carbocycles. The predicted molar refractivity (Wildman–Crippen MR) is 78.0 cm³/mol. The fourth-order valence-electron chi connectivity index (χ4n) is 1.72. The summed E-state index contributed by atoms with van der Waals surface area (Å²) in [6.45, 7) is 4.52. The smallest absolute Gasteiger partial charge is 0.304 e. The van der Waals surface area contributed by atoms with Crippen LogP contribution in [0.3, 0.4) is 0 Å². The summed E-state index contributed by atoms with van der Waals surface area (Å²) in [6.07, 6.45) is 0.777. The molecule has 0 amide bonds. The van der Waals surface area contributed by atoms with Crippen LogP contribution in [0.15, 0.2) is 10.2 Å². The molecule has 0 radical (unpaired) electrons. The van der Waals surface area contributed by atoms with E-state index in [4.69, 9.17) is 0 Å². The van der Waals surface area contributed by atoms with E-state index in [9.17, 15) is 4.79 Å². The summed E-state index contributed by atoms with van der Waals surface area (Å²) >= 11 is 1.16. The highest BCUT2D eigenvalue weighted by molar-refractivity contribution is 7.07. The van der Waals surface area contributed by atoms with Crippen molar-refractivity contribution in [2.45, 2.75) is 26.8 Å². The van der Waals surface area contributed by atoms with Crippen molar-refractivity contribution in [2.75, 3.05) is 17.7 Å². The van der Waals surface area contributed by atoms with Gasteiger partial charge in [-0.1, -0.05) is 18.3 Å². The molecular weight excluding hydrogens is 262 g/mol. The molecule has 0 aliphatic heterocycles. The number of aromatic amines is 1. The van der Waals surface area contributed by atoms with Crippen LogP contribution in [-0.2, 0) is 13.0 Å². The maximum absolute atomic E-state index is 11.1. The Bertz CT molecular complexity index is 619. The molecule has 2 heterocycles. The van der Waals surface area contributed by atoms with Crippen molar-refractivity contribution in [1.82, 2.24) is 15.0 Å². The van der Waals surface area contributed by atoms with Crippen molar-refractivity contribution >= 4 is 23.0 Å². The molecule has 0 unspecified atom stereocenters. The number of nitrogens with one attached hydrogen (secondary N) is 3. The summed E-state index contributed by atoms with van der Waals surface area (Å²) in [5.74, 6) is 2.41. The topological polar surface area (TPSA) is 82.7 Å². The Hall–Kier alpha value is -1.89. The van der Waals surface area contributed by atoms with Crippen LogP contribution in [0.4, 0.5) is 11.6 Å². The first-order chi connectivity index (χ1) is 9.13. The van der Waals surface area contributed by atoms with Gasteiger partial charge in [-0.25, -0.2) is 9.97 Å². The highest BCUT2D eigenvalue weighted by Crippen LogP contribution is 2.20. The van der Waals surface area contributed by atoms with Gasteiger partial charge in [0.05, 0.1) is 6.54 Å². The number of H-pyrrole nitrogens is 1. The van der Waals surface area contributed by atoms with Crippen molar-refractivity contribution in [3.8, 4) is 0 Å². The monoisotopic (exact) mass is 279 g/mol. The molecule has 0 aliphatic carbocycles. The summed E-state index contributed by atoms with van der Waals surface area (Å²) < 4.78 is 0. The van der Waals surface area contributed by atoms with Gasteiger partial charge in [0.1, 0.15) is 17.5 Å². The molecule has 6 nitrogen and oxygen atoms in total. The Kier molecular flexibility index (Phi) is 4.16.